The van der Waals surface area contributed by atoms with Crippen LogP contribution in [0.4, 0.5) is 4.79 Å². The molecular weight excluding hydrogens is 320 g/mol. The third-order valence-electron chi connectivity index (χ3n) is 4.17. The number of nitrogens with one attached hydrogen (secondary N) is 1. The largest absolute Gasteiger partial charge is 0.331 e. The molecule has 2 heterocycles. The van der Waals surface area contributed by atoms with E-state index in [9.17, 15) is 13.2 Å². The molecule has 0 aromatic carbocycles. The van der Waals surface area contributed by atoms with Gasteiger partial charge in [-0.25, -0.2) is 13.2 Å². The number of aryl methyl sites for hydroxylation is 2. The van der Waals surface area contributed by atoms with Crippen LogP contribution in [0.15, 0.2) is 6.07 Å². The lowest BCUT2D eigenvalue weighted by Crippen LogP contribution is -2.40. The number of hydrogen-bond donors (Lipinski definition) is 1. The lowest BCUT2D eigenvalue weighted by Gasteiger charge is -2.20. The van der Waals surface area contributed by atoms with E-state index < -0.39 is 15.1 Å². The number of nitrogens with zero attached hydrogens (tertiary/aromatic N) is 1. The monoisotopic (exact) mass is 344 g/mol. The van der Waals surface area contributed by atoms with Crippen LogP contribution in [-0.4, -0.2) is 43.9 Å². The second-order valence-electron chi connectivity index (χ2n) is 5.97. The zero-order valence-electron chi connectivity index (χ0n) is 13.5. The standard InChI is InChI=1S/C15H24N2O3S2/c1-5-13-10(2)8-14(21-13)11(3)16-15(18)17-7-6-12(9-17)22(4,19)20/h8,11-12H,5-7,9H2,1-4H3,(H,16,18)/t11-,12-/m0/s1. The molecule has 2 atom stereocenters. The third kappa shape index (κ3) is 3.81. The second kappa shape index (κ2) is 6.58. The SMILES string of the molecule is CCc1sc([C@H](C)NC(=O)N2CC[C@H](S(C)(=O)=O)C2)cc1C. The fourth-order valence-corrected chi connectivity index (χ4v) is 4.82. The van der Waals surface area contributed by atoms with Gasteiger partial charge in [-0.05, 0) is 38.3 Å². The highest BCUT2D eigenvalue weighted by Crippen LogP contribution is 2.27. The Morgan fingerprint density at radius 3 is 2.73 bits per heavy atom. The summed E-state index contributed by atoms with van der Waals surface area (Å²) in [5.74, 6) is 0. The minimum Gasteiger partial charge on any atom is -0.331 e. The molecule has 124 valence electrons. The van der Waals surface area contributed by atoms with Crippen LogP contribution >= 0.6 is 11.3 Å². The minimum absolute atomic E-state index is 0.0613. The normalized spacial score (nSPS) is 20.2. The van der Waals surface area contributed by atoms with Crippen molar-refractivity contribution in [2.24, 2.45) is 0 Å². The maximum absolute atomic E-state index is 12.3. The molecule has 0 spiro atoms. The molecule has 1 saturated heterocycles. The molecule has 0 bridgehead atoms. The smallest absolute Gasteiger partial charge is 0.317 e. The number of carbonyl (C=O) groups is 1. The summed E-state index contributed by atoms with van der Waals surface area (Å²) in [7, 11) is -3.07. The van der Waals surface area contributed by atoms with Gasteiger partial charge in [0.1, 0.15) is 0 Å². The minimum atomic E-state index is -3.07. The Bertz CT molecular complexity index is 652. The number of sulfone groups is 1. The molecule has 0 radical (unpaired) electrons. The number of rotatable bonds is 4. The topological polar surface area (TPSA) is 66.5 Å². The first-order valence-electron chi connectivity index (χ1n) is 7.55. The van der Waals surface area contributed by atoms with Crippen molar-refractivity contribution in [2.75, 3.05) is 19.3 Å². The summed E-state index contributed by atoms with van der Waals surface area (Å²) >= 11 is 1.73. The molecule has 2 amide bonds. The second-order valence-corrected chi connectivity index (χ2v) is 9.46. The summed E-state index contributed by atoms with van der Waals surface area (Å²) in [5, 5.41) is 2.55. The maximum atomic E-state index is 12.3. The van der Waals surface area contributed by atoms with Crippen molar-refractivity contribution in [2.45, 2.75) is 44.9 Å². The molecule has 0 aliphatic carbocycles. The molecule has 0 unspecified atom stereocenters. The van der Waals surface area contributed by atoms with Crippen LogP contribution in [0.5, 0.6) is 0 Å². The maximum Gasteiger partial charge on any atom is 0.317 e. The Morgan fingerprint density at radius 1 is 1.55 bits per heavy atom. The Morgan fingerprint density at radius 2 is 2.23 bits per heavy atom. The lowest BCUT2D eigenvalue weighted by atomic mass is 10.2. The van der Waals surface area contributed by atoms with Gasteiger partial charge in [-0.1, -0.05) is 6.92 Å². The molecule has 5 nitrogen and oxygen atoms in total. The summed E-state index contributed by atoms with van der Waals surface area (Å²) in [4.78, 5) is 16.4. The number of urea groups is 1. The molecule has 22 heavy (non-hydrogen) atoms. The summed E-state index contributed by atoms with van der Waals surface area (Å²) in [5.41, 5.74) is 1.27. The zero-order valence-corrected chi connectivity index (χ0v) is 15.2. The Balaban J connectivity index is 1.97. The molecule has 1 N–H and O–H groups in total. The quantitative estimate of drug-likeness (QED) is 0.912. The van der Waals surface area contributed by atoms with Crippen LogP contribution in [0.2, 0.25) is 0 Å². The summed E-state index contributed by atoms with van der Waals surface area (Å²) in [6.07, 6.45) is 2.76. The van der Waals surface area contributed by atoms with Gasteiger partial charge in [0.15, 0.2) is 9.84 Å². The van der Waals surface area contributed by atoms with E-state index >= 15 is 0 Å². The first-order valence-corrected chi connectivity index (χ1v) is 10.3. The fourth-order valence-electron chi connectivity index (χ4n) is 2.72. The highest BCUT2D eigenvalue weighted by Gasteiger charge is 2.33. The van der Waals surface area contributed by atoms with E-state index in [1.165, 1.54) is 16.7 Å². The molecule has 1 aromatic rings. The van der Waals surface area contributed by atoms with Gasteiger partial charge in [0.2, 0.25) is 0 Å². The average molecular weight is 345 g/mol. The fraction of sp³-hybridized carbons (Fsp3) is 0.667. The van der Waals surface area contributed by atoms with Crippen molar-refractivity contribution in [1.82, 2.24) is 10.2 Å². The summed E-state index contributed by atoms with van der Waals surface area (Å²) in [6, 6.07) is 1.88. The van der Waals surface area contributed by atoms with Gasteiger partial charge in [-0.2, -0.15) is 0 Å². The first-order chi connectivity index (χ1) is 10.2. The van der Waals surface area contributed by atoms with E-state index in [-0.39, 0.29) is 12.1 Å². The lowest BCUT2D eigenvalue weighted by molar-refractivity contribution is 0.205. The zero-order chi connectivity index (χ0) is 16.5. The van der Waals surface area contributed by atoms with Crippen molar-refractivity contribution in [3.05, 3.63) is 21.4 Å². The van der Waals surface area contributed by atoms with E-state index in [0.29, 0.717) is 19.5 Å². The van der Waals surface area contributed by atoms with E-state index in [0.717, 1.165) is 11.3 Å². The number of thiophene rings is 1. The predicted octanol–water partition coefficient (Wildman–Crippen LogP) is 2.51. The third-order valence-corrected chi connectivity index (χ3v) is 7.33. The van der Waals surface area contributed by atoms with Crippen LogP contribution in [0.3, 0.4) is 0 Å². The van der Waals surface area contributed by atoms with E-state index in [1.807, 2.05) is 6.92 Å². The Labute approximate surface area is 136 Å². The molecule has 1 aromatic heterocycles. The summed E-state index contributed by atoms with van der Waals surface area (Å²) < 4.78 is 23.1. The van der Waals surface area contributed by atoms with Crippen molar-refractivity contribution >= 4 is 27.2 Å². The van der Waals surface area contributed by atoms with Gasteiger partial charge in [0.25, 0.3) is 0 Å². The number of amides is 2. The van der Waals surface area contributed by atoms with Crippen molar-refractivity contribution in [1.29, 1.82) is 0 Å². The van der Waals surface area contributed by atoms with Crippen LogP contribution in [0.25, 0.3) is 0 Å². The van der Waals surface area contributed by atoms with Crippen molar-refractivity contribution < 1.29 is 13.2 Å². The number of likely N-dealkylation sites (tertiary alicyclic amines) is 1. The summed E-state index contributed by atoms with van der Waals surface area (Å²) in [6.45, 7) is 6.97. The first kappa shape index (κ1) is 17.3. The molecule has 1 aliphatic rings. The number of carbonyl (C=O) groups excluding carboxylic acids is 1. The van der Waals surface area contributed by atoms with Crippen molar-refractivity contribution in [3.8, 4) is 0 Å². The molecule has 7 heteroatoms. The molecule has 0 saturated carbocycles. The van der Waals surface area contributed by atoms with Gasteiger partial charge in [-0.15, -0.1) is 11.3 Å². The number of hydrogen-bond acceptors (Lipinski definition) is 4. The Kier molecular flexibility index (Phi) is 5.17. The van der Waals surface area contributed by atoms with Crippen LogP contribution in [0, 0.1) is 6.92 Å². The van der Waals surface area contributed by atoms with Crippen LogP contribution in [0.1, 0.15) is 41.6 Å². The van der Waals surface area contributed by atoms with Gasteiger partial charge < -0.3 is 10.2 Å². The average Bonchev–Trinajstić information content (AvgIpc) is 3.04. The van der Waals surface area contributed by atoms with E-state index in [1.54, 1.807) is 16.2 Å². The Hall–Kier alpha value is -1.08. The van der Waals surface area contributed by atoms with E-state index in [2.05, 4.69) is 25.2 Å². The molecular formula is C15H24N2O3S2. The van der Waals surface area contributed by atoms with Gasteiger partial charge >= 0.3 is 6.03 Å². The molecule has 1 aliphatic heterocycles. The highest BCUT2D eigenvalue weighted by molar-refractivity contribution is 7.91. The van der Waals surface area contributed by atoms with Gasteiger partial charge in [-0.3, -0.25) is 0 Å². The van der Waals surface area contributed by atoms with E-state index in [4.69, 9.17) is 0 Å². The molecule has 1 fully saturated rings. The van der Waals surface area contributed by atoms with Gasteiger partial charge in [0, 0.05) is 29.1 Å². The van der Waals surface area contributed by atoms with Crippen LogP contribution in [-0.2, 0) is 16.3 Å². The molecule has 2 rings (SSSR count). The van der Waals surface area contributed by atoms with Crippen LogP contribution < -0.4 is 5.32 Å². The van der Waals surface area contributed by atoms with Gasteiger partial charge in [0.05, 0.1) is 11.3 Å². The van der Waals surface area contributed by atoms with Crippen molar-refractivity contribution in [3.63, 3.8) is 0 Å². The highest BCUT2D eigenvalue weighted by atomic mass is 32.2. The predicted molar refractivity (Wildman–Crippen MR) is 90.2 cm³/mol.